The van der Waals surface area contributed by atoms with Crippen molar-refractivity contribution in [1.82, 2.24) is 4.98 Å². The molecule has 3 nitrogen and oxygen atoms in total. The molecule has 0 atom stereocenters. The molecule has 1 aromatic carbocycles. The zero-order chi connectivity index (χ0) is 14.8. The number of rotatable bonds is 4. The summed E-state index contributed by atoms with van der Waals surface area (Å²) in [5.41, 5.74) is 7.30. The van der Waals surface area contributed by atoms with Crippen LogP contribution in [-0.2, 0) is 18.6 Å². The highest BCUT2D eigenvalue weighted by Gasteiger charge is 2.17. The molecule has 0 amide bonds. The van der Waals surface area contributed by atoms with Gasteiger partial charge in [-0.1, -0.05) is 20.8 Å². The standard InChI is InChI=1S/C15H19FN2OS/c1-15(2,3)13-9-20-14(18-13)8-19-12-5-10(7-17)4-11(16)6-12/h4-6,9H,7-8,17H2,1-3H3. The molecule has 0 aliphatic rings. The van der Waals surface area contributed by atoms with Gasteiger partial charge in [0, 0.05) is 23.4 Å². The lowest BCUT2D eigenvalue weighted by Gasteiger charge is -2.14. The second kappa shape index (κ2) is 5.89. The quantitative estimate of drug-likeness (QED) is 0.937. The van der Waals surface area contributed by atoms with Gasteiger partial charge in [0.1, 0.15) is 23.2 Å². The highest BCUT2D eigenvalue weighted by Crippen LogP contribution is 2.25. The van der Waals surface area contributed by atoms with Gasteiger partial charge in [-0.2, -0.15) is 0 Å². The Morgan fingerprint density at radius 1 is 1.30 bits per heavy atom. The van der Waals surface area contributed by atoms with Crippen molar-refractivity contribution < 1.29 is 9.13 Å². The summed E-state index contributed by atoms with van der Waals surface area (Å²) >= 11 is 1.56. The van der Waals surface area contributed by atoms with Crippen molar-refractivity contribution in [1.29, 1.82) is 0 Å². The monoisotopic (exact) mass is 294 g/mol. The summed E-state index contributed by atoms with van der Waals surface area (Å²) in [5.74, 6) is 0.149. The molecule has 2 aromatic rings. The van der Waals surface area contributed by atoms with E-state index in [9.17, 15) is 4.39 Å². The van der Waals surface area contributed by atoms with E-state index >= 15 is 0 Å². The van der Waals surface area contributed by atoms with Crippen LogP contribution < -0.4 is 10.5 Å². The minimum Gasteiger partial charge on any atom is -0.486 e. The summed E-state index contributed by atoms with van der Waals surface area (Å²) < 4.78 is 18.9. The van der Waals surface area contributed by atoms with Gasteiger partial charge in [-0.25, -0.2) is 9.37 Å². The molecule has 2 rings (SSSR count). The van der Waals surface area contributed by atoms with Crippen LogP contribution >= 0.6 is 11.3 Å². The number of halogens is 1. The first-order valence-corrected chi connectivity index (χ1v) is 7.33. The summed E-state index contributed by atoms with van der Waals surface area (Å²) in [5, 5.41) is 2.92. The molecule has 0 saturated heterocycles. The number of thiazole rings is 1. The Bertz CT molecular complexity index is 590. The molecule has 0 aliphatic heterocycles. The number of nitrogens with two attached hydrogens (primary N) is 1. The number of ether oxygens (including phenoxy) is 1. The molecular weight excluding hydrogens is 275 g/mol. The van der Waals surface area contributed by atoms with Crippen LogP contribution in [-0.4, -0.2) is 4.98 Å². The fraction of sp³-hybridized carbons (Fsp3) is 0.400. The van der Waals surface area contributed by atoms with Gasteiger partial charge in [0.05, 0.1) is 5.69 Å². The molecule has 0 saturated carbocycles. The molecular formula is C15H19FN2OS. The van der Waals surface area contributed by atoms with E-state index in [0.29, 0.717) is 18.9 Å². The van der Waals surface area contributed by atoms with Crippen molar-refractivity contribution in [2.75, 3.05) is 0 Å². The number of nitrogens with zero attached hydrogens (tertiary/aromatic N) is 1. The third kappa shape index (κ3) is 3.77. The van der Waals surface area contributed by atoms with E-state index in [4.69, 9.17) is 10.5 Å². The lowest BCUT2D eigenvalue weighted by atomic mass is 9.93. The second-order valence-corrected chi connectivity index (χ2v) is 6.61. The van der Waals surface area contributed by atoms with Crippen LogP contribution in [0.5, 0.6) is 5.75 Å². The fourth-order valence-electron chi connectivity index (χ4n) is 1.69. The summed E-state index contributed by atoms with van der Waals surface area (Å²) in [6.45, 7) is 6.99. The van der Waals surface area contributed by atoms with Gasteiger partial charge in [0.2, 0.25) is 0 Å². The van der Waals surface area contributed by atoms with E-state index in [1.165, 1.54) is 12.1 Å². The van der Waals surface area contributed by atoms with Crippen molar-refractivity contribution in [2.45, 2.75) is 39.3 Å². The Morgan fingerprint density at radius 3 is 2.65 bits per heavy atom. The van der Waals surface area contributed by atoms with Crippen molar-refractivity contribution in [3.05, 3.63) is 45.7 Å². The van der Waals surface area contributed by atoms with Crippen LogP contribution in [0.1, 0.15) is 37.0 Å². The first kappa shape index (κ1) is 14.9. The van der Waals surface area contributed by atoms with Crippen molar-refractivity contribution in [3.63, 3.8) is 0 Å². The molecule has 0 unspecified atom stereocenters. The van der Waals surface area contributed by atoms with Crippen LogP contribution in [0.3, 0.4) is 0 Å². The molecule has 0 spiro atoms. The molecule has 20 heavy (non-hydrogen) atoms. The van der Waals surface area contributed by atoms with Crippen LogP contribution in [0.4, 0.5) is 4.39 Å². The molecule has 0 fully saturated rings. The molecule has 5 heteroatoms. The first-order valence-electron chi connectivity index (χ1n) is 6.45. The molecule has 1 heterocycles. The molecule has 0 radical (unpaired) electrons. The van der Waals surface area contributed by atoms with Gasteiger partial charge < -0.3 is 10.5 Å². The summed E-state index contributed by atoms with van der Waals surface area (Å²) in [7, 11) is 0. The van der Waals surface area contributed by atoms with Crippen molar-refractivity contribution in [2.24, 2.45) is 5.73 Å². The largest absolute Gasteiger partial charge is 0.486 e. The van der Waals surface area contributed by atoms with Gasteiger partial charge in [-0.15, -0.1) is 11.3 Å². The summed E-state index contributed by atoms with van der Waals surface area (Å²) in [6.07, 6.45) is 0. The predicted octanol–water partition coefficient (Wildman–Crippen LogP) is 3.62. The highest BCUT2D eigenvalue weighted by atomic mass is 32.1. The highest BCUT2D eigenvalue weighted by molar-refractivity contribution is 7.09. The number of hydrogen-bond acceptors (Lipinski definition) is 4. The summed E-state index contributed by atoms with van der Waals surface area (Å²) in [6, 6.07) is 4.52. The number of aromatic nitrogens is 1. The van der Waals surface area contributed by atoms with E-state index < -0.39 is 0 Å². The zero-order valence-corrected chi connectivity index (χ0v) is 12.8. The Hall–Kier alpha value is -1.46. The lowest BCUT2D eigenvalue weighted by Crippen LogP contribution is -2.11. The normalized spacial score (nSPS) is 11.7. The maximum absolute atomic E-state index is 13.4. The third-order valence-corrected chi connectivity index (χ3v) is 3.67. The maximum Gasteiger partial charge on any atom is 0.140 e. The Labute approximate surface area is 122 Å². The first-order chi connectivity index (χ1) is 9.38. The molecule has 1 aromatic heterocycles. The summed E-state index contributed by atoms with van der Waals surface area (Å²) in [4.78, 5) is 4.54. The number of hydrogen-bond donors (Lipinski definition) is 1. The SMILES string of the molecule is CC(C)(C)c1csc(COc2cc(F)cc(CN)c2)n1. The van der Waals surface area contributed by atoms with E-state index in [1.54, 1.807) is 17.4 Å². The van der Waals surface area contributed by atoms with Gasteiger partial charge in [-0.3, -0.25) is 0 Å². The van der Waals surface area contributed by atoms with E-state index in [1.807, 2.05) is 5.38 Å². The maximum atomic E-state index is 13.4. The molecule has 0 bridgehead atoms. The molecule has 0 aliphatic carbocycles. The average molecular weight is 294 g/mol. The third-order valence-electron chi connectivity index (χ3n) is 2.85. The average Bonchev–Trinajstić information content (AvgIpc) is 2.84. The topological polar surface area (TPSA) is 48.1 Å². The van der Waals surface area contributed by atoms with Gasteiger partial charge in [0.25, 0.3) is 0 Å². The van der Waals surface area contributed by atoms with E-state index in [2.05, 4.69) is 25.8 Å². The predicted molar refractivity (Wildman–Crippen MR) is 79.4 cm³/mol. The zero-order valence-electron chi connectivity index (χ0n) is 11.9. The van der Waals surface area contributed by atoms with Crippen molar-refractivity contribution >= 4 is 11.3 Å². The van der Waals surface area contributed by atoms with Crippen molar-refractivity contribution in [3.8, 4) is 5.75 Å². The van der Waals surface area contributed by atoms with Crippen LogP contribution in [0, 0.1) is 5.82 Å². The number of benzene rings is 1. The Morgan fingerprint density at radius 2 is 2.05 bits per heavy atom. The minimum absolute atomic E-state index is 0.0281. The molecule has 108 valence electrons. The van der Waals surface area contributed by atoms with Gasteiger partial charge >= 0.3 is 0 Å². The second-order valence-electron chi connectivity index (χ2n) is 5.66. The van der Waals surface area contributed by atoms with Crippen LogP contribution in [0.25, 0.3) is 0 Å². The van der Waals surface area contributed by atoms with Gasteiger partial charge in [-0.05, 0) is 17.7 Å². The minimum atomic E-state index is -0.336. The van der Waals surface area contributed by atoms with Gasteiger partial charge in [0.15, 0.2) is 0 Å². The smallest absolute Gasteiger partial charge is 0.140 e. The fourth-order valence-corrected chi connectivity index (χ4v) is 2.62. The van der Waals surface area contributed by atoms with Crippen LogP contribution in [0.2, 0.25) is 0 Å². The Balaban J connectivity index is 2.05. The lowest BCUT2D eigenvalue weighted by molar-refractivity contribution is 0.303. The molecule has 2 N–H and O–H groups in total. The Kier molecular flexibility index (Phi) is 4.40. The van der Waals surface area contributed by atoms with E-state index in [-0.39, 0.29) is 11.2 Å². The van der Waals surface area contributed by atoms with Crippen LogP contribution in [0.15, 0.2) is 23.6 Å². The van der Waals surface area contributed by atoms with E-state index in [0.717, 1.165) is 16.3 Å².